The molecule has 2 aliphatic rings. The monoisotopic (exact) mass is 357 g/mol. The van der Waals surface area contributed by atoms with Crippen LogP contribution in [0.1, 0.15) is 22.6 Å². The van der Waals surface area contributed by atoms with Gasteiger partial charge in [-0.3, -0.25) is 9.69 Å². The molecule has 8 nitrogen and oxygen atoms in total. The third-order valence-corrected chi connectivity index (χ3v) is 4.96. The van der Waals surface area contributed by atoms with E-state index in [9.17, 15) is 4.79 Å². The highest BCUT2D eigenvalue weighted by molar-refractivity contribution is 5.95. The number of hydrogen-bond acceptors (Lipinski definition) is 6. The summed E-state index contributed by atoms with van der Waals surface area (Å²) < 4.78 is 12.8. The van der Waals surface area contributed by atoms with E-state index in [1.165, 1.54) is 0 Å². The van der Waals surface area contributed by atoms with Crippen LogP contribution in [0.15, 0.2) is 24.5 Å². The number of nitrogens with zero attached hydrogens (tertiary/aromatic N) is 5. The van der Waals surface area contributed by atoms with Gasteiger partial charge in [0.25, 0.3) is 5.91 Å². The average Bonchev–Trinajstić information content (AvgIpc) is 3.22. The Morgan fingerprint density at radius 1 is 1.12 bits per heavy atom. The molecule has 4 rings (SSSR count). The van der Waals surface area contributed by atoms with Gasteiger partial charge in [0.1, 0.15) is 12.2 Å². The first-order chi connectivity index (χ1) is 12.7. The van der Waals surface area contributed by atoms with E-state index < -0.39 is 0 Å². The molecule has 3 heterocycles. The maximum atomic E-state index is 12.8. The molecule has 0 N–H and O–H groups in total. The van der Waals surface area contributed by atoms with E-state index in [1.54, 1.807) is 18.5 Å². The molecule has 2 aliphatic heterocycles. The van der Waals surface area contributed by atoms with E-state index in [4.69, 9.17) is 9.47 Å². The van der Waals surface area contributed by atoms with E-state index in [2.05, 4.69) is 19.7 Å². The summed E-state index contributed by atoms with van der Waals surface area (Å²) in [6.45, 7) is 7.35. The van der Waals surface area contributed by atoms with Gasteiger partial charge in [0, 0.05) is 38.3 Å². The maximum Gasteiger partial charge on any atom is 0.254 e. The molecular formula is C18H23N5O3. The van der Waals surface area contributed by atoms with Crippen molar-refractivity contribution in [3.63, 3.8) is 0 Å². The van der Waals surface area contributed by atoms with Crippen LogP contribution in [0, 0.1) is 6.92 Å². The standard InChI is InChI=1S/C18H23N5O3/c1-14-20-19-12-23(14)10-8-21-5-2-6-22(9-7-21)18(24)15-3-4-16-17(11-15)26-13-25-16/h3-4,11-12H,2,5-10,13H2,1H3. The summed E-state index contributed by atoms with van der Waals surface area (Å²) in [5.74, 6) is 2.34. The van der Waals surface area contributed by atoms with Crippen LogP contribution in [-0.4, -0.2) is 70.0 Å². The number of hydrogen-bond donors (Lipinski definition) is 0. The first-order valence-electron chi connectivity index (χ1n) is 8.96. The number of benzene rings is 1. The largest absolute Gasteiger partial charge is 0.454 e. The zero-order valence-electron chi connectivity index (χ0n) is 14.9. The molecule has 8 heteroatoms. The molecular weight excluding hydrogens is 334 g/mol. The quantitative estimate of drug-likeness (QED) is 0.818. The molecule has 138 valence electrons. The van der Waals surface area contributed by atoms with Crippen molar-refractivity contribution in [2.24, 2.45) is 0 Å². The van der Waals surface area contributed by atoms with Crippen molar-refractivity contribution in [2.75, 3.05) is 39.5 Å². The summed E-state index contributed by atoms with van der Waals surface area (Å²) in [5, 5.41) is 7.93. The second kappa shape index (κ2) is 7.33. The number of aromatic nitrogens is 3. The van der Waals surface area contributed by atoms with Crippen molar-refractivity contribution in [2.45, 2.75) is 19.9 Å². The van der Waals surface area contributed by atoms with Crippen molar-refractivity contribution in [1.82, 2.24) is 24.6 Å². The Hall–Kier alpha value is -2.61. The first-order valence-corrected chi connectivity index (χ1v) is 8.96. The SMILES string of the molecule is Cc1nncn1CCN1CCCN(C(=O)c2ccc3c(c2)OCO3)CC1. The van der Waals surface area contributed by atoms with Gasteiger partial charge < -0.3 is 18.9 Å². The minimum Gasteiger partial charge on any atom is -0.454 e. The summed E-state index contributed by atoms with van der Waals surface area (Å²) in [6.07, 6.45) is 2.74. The number of carbonyl (C=O) groups excluding carboxylic acids is 1. The lowest BCUT2D eigenvalue weighted by Gasteiger charge is -2.22. The predicted octanol–water partition coefficient (Wildman–Crippen LogP) is 1.16. The van der Waals surface area contributed by atoms with Crippen LogP contribution in [-0.2, 0) is 6.54 Å². The van der Waals surface area contributed by atoms with E-state index in [1.807, 2.05) is 17.9 Å². The highest BCUT2D eigenvalue weighted by Crippen LogP contribution is 2.32. The lowest BCUT2D eigenvalue weighted by molar-refractivity contribution is 0.0761. The molecule has 1 aromatic heterocycles. The Morgan fingerprint density at radius 3 is 2.85 bits per heavy atom. The minimum absolute atomic E-state index is 0.0554. The lowest BCUT2D eigenvalue weighted by atomic mass is 10.1. The van der Waals surface area contributed by atoms with Crippen LogP contribution in [0.5, 0.6) is 11.5 Å². The van der Waals surface area contributed by atoms with Crippen molar-refractivity contribution < 1.29 is 14.3 Å². The first kappa shape index (κ1) is 16.8. The van der Waals surface area contributed by atoms with Crippen molar-refractivity contribution in [3.05, 3.63) is 35.9 Å². The average molecular weight is 357 g/mol. The number of carbonyl (C=O) groups is 1. The van der Waals surface area contributed by atoms with Crippen molar-refractivity contribution >= 4 is 5.91 Å². The smallest absolute Gasteiger partial charge is 0.254 e. The summed E-state index contributed by atoms with van der Waals surface area (Å²) in [5.41, 5.74) is 0.655. The fourth-order valence-corrected chi connectivity index (χ4v) is 3.39. The van der Waals surface area contributed by atoms with Crippen molar-refractivity contribution in [3.8, 4) is 11.5 Å². The van der Waals surface area contributed by atoms with Gasteiger partial charge in [-0.1, -0.05) is 0 Å². The summed E-state index contributed by atoms with van der Waals surface area (Å²) >= 11 is 0. The molecule has 0 spiro atoms. The summed E-state index contributed by atoms with van der Waals surface area (Å²) in [7, 11) is 0. The Kier molecular flexibility index (Phi) is 4.75. The number of amides is 1. The molecule has 0 radical (unpaired) electrons. The molecule has 1 fully saturated rings. The fourth-order valence-electron chi connectivity index (χ4n) is 3.39. The van der Waals surface area contributed by atoms with E-state index in [0.29, 0.717) is 17.1 Å². The molecule has 0 aliphatic carbocycles. The van der Waals surface area contributed by atoms with Crippen LogP contribution in [0.2, 0.25) is 0 Å². The Morgan fingerprint density at radius 2 is 2.00 bits per heavy atom. The number of rotatable bonds is 4. The molecule has 0 bridgehead atoms. The van der Waals surface area contributed by atoms with Gasteiger partial charge >= 0.3 is 0 Å². The molecule has 0 saturated carbocycles. The molecule has 1 aromatic carbocycles. The van der Waals surface area contributed by atoms with Crippen molar-refractivity contribution in [1.29, 1.82) is 0 Å². The highest BCUT2D eigenvalue weighted by Gasteiger charge is 2.22. The zero-order valence-corrected chi connectivity index (χ0v) is 14.9. The Labute approximate surface area is 152 Å². The van der Waals surface area contributed by atoms with E-state index >= 15 is 0 Å². The lowest BCUT2D eigenvalue weighted by Crippen LogP contribution is -2.36. The molecule has 26 heavy (non-hydrogen) atoms. The second-order valence-electron chi connectivity index (χ2n) is 6.63. The molecule has 1 saturated heterocycles. The molecule has 2 aromatic rings. The predicted molar refractivity (Wildman–Crippen MR) is 94.3 cm³/mol. The maximum absolute atomic E-state index is 12.8. The van der Waals surface area contributed by atoms with Gasteiger partial charge in [0.15, 0.2) is 11.5 Å². The number of fused-ring (bicyclic) bond motifs is 1. The van der Waals surface area contributed by atoms with E-state index in [-0.39, 0.29) is 12.7 Å². The third kappa shape index (κ3) is 3.50. The zero-order chi connectivity index (χ0) is 17.9. The van der Waals surface area contributed by atoms with Gasteiger partial charge in [-0.15, -0.1) is 10.2 Å². The van der Waals surface area contributed by atoms with Gasteiger partial charge in [0.2, 0.25) is 6.79 Å². The van der Waals surface area contributed by atoms with Gasteiger partial charge in [-0.25, -0.2) is 0 Å². The topological polar surface area (TPSA) is 72.7 Å². The van der Waals surface area contributed by atoms with Crippen LogP contribution in [0.3, 0.4) is 0 Å². The summed E-state index contributed by atoms with van der Waals surface area (Å²) in [4.78, 5) is 17.2. The Bertz CT molecular complexity index is 791. The van der Waals surface area contributed by atoms with Gasteiger partial charge in [0.05, 0.1) is 0 Å². The Balaban J connectivity index is 1.34. The van der Waals surface area contributed by atoms with Crippen LogP contribution in [0.4, 0.5) is 0 Å². The normalized spacial score (nSPS) is 17.3. The van der Waals surface area contributed by atoms with Crippen LogP contribution in [0.25, 0.3) is 0 Å². The second-order valence-corrected chi connectivity index (χ2v) is 6.63. The highest BCUT2D eigenvalue weighted by atomic mass is 16.7. The van der Waals surface area contributed by atoms with Gasteiger partial charge in [-0.2, -0.15) is 0 Å². The van der Waals surface area contributed by atoms with Crippen LogP contribution < -0.4 is 9.47 Å². The third-order valence-electron chi connectivity index (χ3n) is 4.96. The van der Waals surface area contributed by atoms with E-state index in [0.717, 1.165) is 51.5 Å². The summed E-state index contributed by atoms with van der Waals surface area (Å²) in [6, 6.07) is 5.40. The number of ether oxygens (including phenoxy) is 2. The minimum atomic E-state index is 0.0554. The fraction of sp³-hybridized carbons (Fsp3) is 0.500. The molecule has 1 amide bonds. The van der Waals surface area contributed by atoms with Gasteiger partial charge in [-0.05, 0) is 38.1 Å². The molecule has 0 atom stereocenters. The number of aryl methyl sites for hydroxylation is 1. The van der Waals surface area contributed by atoms with Crippen LogP contribution >= 0.6 is 0 Å². The molecule has 0 unspecified atom stereocenters.